The van der Waals surface area contributed by atoms with Gasteiger partial charge in [0.2, 0.25) is 0 Å². The first-order valence-corrected chi connectivity index (χ1v) is 13.0. The van der Waals surface area contributed by atoms with Crippen molar-refractivity contribution in [3.05, 3.63) is 158 Å². The second kappa shape index (κ2) is 9.42. The van der Waals surface area contributed by atoms with Gasteiger partial charge in [0.25, 0.3) is 0 Å². The van der Waals surface area contributed by atoms with Crippen molar-refractivity contribution in [3.63, 3.8) is 0 Å². The highest BCUT2D eigenvalue weighted by atomic mass is 15.1. The van der Waals surface area contributed by atoms with E-state index in [0.717, 1.165) is 22.7 Å². The van der Waals surface area contributed by atoms with Gasteiger partial charge >= 0.3 is 0 Å². The molecule has 6 aromatic carbocycles. The van der Waals surface area contributed by atoms with Crippen molar-refractivity contribution in [1.82, 2.24) is 4.57 Å². The molecular weight excluding hydrogens is 460 g/mol. The highest BCUT2D eigenvalue weighted by Crippen LogP contribution is 2.39. The van der Waals surface area contributed by atoms with Gasteiger partial charge in [0.15, 0.2) is 0 Å². The standard InChI is InChI=1S/C36H26N2/c1-4-12-27(13-5-1)28-20-22-31(23-21-28)37(29-14-6-2-7-15-29)32-24-25-34-33-18-10-11-19-35(33)38(36(34)26-32)30-16-8-3-9-17-30/h1-26H. The molecule has 1 heterocycles. The zero-order valence-corrected chi connectivity index (χ0v) is 20.9. The van der Waals surface area contributed by atoms with Gasteiger partial charge in [-0.2, -0.15) is 0 Å². The summed E-state index contributed by atoms with van der Waals surface area (Å²) in [6, 6.07) is 56.1. The second-order valence-corrected chi connectivity index (χ2v) is 9.47. The first-order valence-electron chi connectivity index (χ1n) is 13.0. The number of fused-ring (bicyclic) bond motifs is 3. The molecule has 7 aromatic rings. The van der Waals surface area contributed by atoms with Crippen LogP contribution in [0.3, 0.4) is 0 Å². The van der Waals surface area contributed by atoms with Crippen LogP contribution in [0.4, 0.5) is 17.1 Å². The van der Waals surface area contributed by atoms with Gasteiger partial charge in [-0.1, -0.05) is 103 Å². The van der Waals surface area contributed by atoms with Gasteiger partial charge in [-0.3, -0.25) is 0 Å². The van der Waals surface area contributed by atoms with E-state index < -0.39 is 0 Å². The average molecular weight is 487 g/mol. The predicted octanol–water partition coefficient (Wildman–Crippen LogP) is 9.92. The summed E-state index contributed by atoms with van der Waals surface area (Å²) in [5.41, 5.74) is 9.37. The maximum absolute atomic E-state index is 2.37. The molecule has 0 fully saturated rings. The van der Waals surface area contributed by atoms with Crippen LogP contribution in [0, 0.1) is 0 Å². The van der Waals surface area contributed by atoms with Crippen LogP contribution in [0.25, 0.3) is 38.6 Å². The zero-order valence-electron chi connectivity index (χ0n) is 20.9. The maximum Gasteiger partial charge on any atom is 0.0561 e. The van der Waals surface area contributed by atoms with Crippen LogP contribution in [0.5, 0.6) is 0 Å². The van der Waals surface area contributed by atoms with Crippen molar-refractivity contribution in [3.8, 4) is 16.8 Å². The van der Waals surface area contributed by atoms with Gasteiger partial charge in [0, 0.05) is 33.5 Å². The Hall–Kier alpha value is -5.08. The predicted molar refractivity (Wildman–Crippen MR) is 161 cm³/mol. The summed E-state index contributed by atoms with van der Waals surface area (Å²) >= 11 is 0. The van der Waals surface area contributed by atoms with Crippen molar-refractivity contribution >= 4 is 38.9 Å². The summed E-state index contributed by atoms with van der Waals surface area (Å²) < 4.78 is 2.37. The molecular formula is C36H26N2. The number of benzene rings is 6. The van der Waals surface area contributed by atoms with Crippen molar-refractivity contribution in [2.45, 2.75) is 0 Å². The monoisotopic (exact) mass is 486 g/mol. The number of hydrogen-bond acceptors (Lipinski definition) is 1. The minimum atomic E-state index is 1.12. The molecule has 0 radical (unpaired) electrons. The summed E-state index contributed by atoms with van der Waals surface area (Å²) in [4.78, 5) is 2.33. The maximum atomic E-state index is 2.37. The molecule has 0 spiro atoms. The Labute approximate surface area is 222 Å². The quantitative estimate of drug-likeness (QED) is 0.235. The van der Waals surface area contributed by atoms with E-state index in [1.807, 2.05) is 0 Å². The molecule has 0 aliphatic rings. The Bertz CT molecular complexity index is 1840. The van der Waals surface area contributed by atoms with E-state index in [4.69, 9.17) is 0 Å². The average Bonchev–Trinajstić information content (AvgIpc) is 3.33. The lowest BCUT2D eigenvalue weighted by Crippen LogP contribution is -2.10. The number of rotatable bonds is 5. The molecule has 0 aliphatic heterocycles. The van der Waals surface area contributed by atoms with Gasteiger partial charge in [-0.05, 0) is 65.7 Å². The summed E-state index contributed by atoms with van der Waals surface area (Å²) in [5.74, 6) is 0. The fourth-order valence-corrected chi connectivity index (χ4v) is 5.41. The third-order valence-corrected chi connectivity index (χ3v) is 7.18. The second-order valence-electron chi connectivity index (χ2n) is 9.47. The molecule has 38 heavy (non-hydrogen) atoms. The van der Waals surface area contributed by atoms with Crippen LogP contribution in [-0.2, 0) is 0 Å². The molecule has 0 saturated carbocycles. The molecule has 180 valence electrons. The molecule has 7 rings (SSSR count). The van der Waals surface area contributed by atoms with E-state index >= 15 is 0 Å². The fourth-order valence-electron chi connectivity index (χ4n) is 5.41. The highest BCUT2D eigenvalue weighted by Gasteiger charge is 2.17. The third kappa shape index (κ3) is 3.84. The minimum Gasteiger partial charge on any atom is -0.310 e. The topological polar surface area (TPSA) is 8.17 Å². The number of para-hydroxylation sites is 3. The number of nitrogens with zero attached hydrogens (tertiary/aromatic N) is 2. The fraction of sp³-hybridized carbons (Fsp3) is 0. The molecule has 1 aromatic heterocycles. The van der Waals surface area contributed by atoms with E-state index in [2.05, 4.69) is 167 Å². The number of aromatic nitrogens is 1. The van der Waals surface area contributed by atoms with Crippen LogP contribution >= 0.6 is 0 Å². The van der Waals surface area contributed by atoms with Crippen molar-refractivity contribution in [2.75, 3.05) is 4.90 Å². The van der Waals surface area contributed by atoms with Gasteiger partial charge in [0.1, 0.15) is 0 Å². The summed E-state index contributed by atoms with van der Waals surface area (Å²) in [5, 5.41) is 2.51. The summed E-state index contributed by atoms with van der Waals surface area (Å²) in [6.07, 6.45) is 0. The highest BCUT2D eigenvalue weighted by molar-refractivity contribution is 6.10. The SMILES string of the molecule is c1ccc(-c2ccc(N(c3ccccc3)c3ccc4c5ccccc5n(-c5ccccc5)c4c3)cc2)cc1. The van der Waals surface area contributed by atoms with Crippen LogP contribution in [0.2, 0.25) is 0 Å². The Morgan fingerprint density at radius 2 is 0.895 bits per heavy atom. The first kappa shape index (κ1) is 22.1. The molecule has 0 amide bonds. The van der Waals surface area contributed by atoms with E-state index in [9.17, 15) is 0 Å². The van der Waals surface area contributed by atoms with E-state index in [1.54, 1.807) is 0 Å². The lowest BCUT2D eigenvalue weighted by Gasteiger charge is -2.26. The molecule has 0 bridgehead atoms. The number of anilines is 3. The largest absolute Gasteiger partial charge is 0.310 e. The van der Waals surface area contributed by atoms with E-state index in [1.165, 1.54) is 32.9 Å². The van der Waals surface area contributed by atoms with Gasteiger partial charge in [-0.15, -0.1) is 0 Å². The Kier molecular flexibility index (Phi) is 5.49. The van der Waals surface area contributed by atoms with Crippen molar-refractivity contribution < 1.29 is 0 Å². The van der Waals surface area contributed by atoms with E-state index in [0.29, 0.717) is 0 Å². The lowest BCUT2D eigenvalue weighted by molar-refractivity contribution is 1.18. The van der Waals surface area contributed by atoms with Gasteiger partial charge in [0.05, 0.1) is 11.0 Å². The molecule has 2 heteroatoms. The molecule has 0 atom stereocenters. The van der Waals surface area contributed by atoms with Crippen LogP contribution in [0.1, 0.15) is 0 Å². The van der Waals surface area contributed by atoms with Gasteiger partial charge in [-0.25, -0.2) is 0 Å². The molecule has 0 unspecified atom stereocenters. The smallest absolute Gasteiger partial charge is 0.0561 e. The Morgan fingerprint density at radius 1 is 0.368 bits per heavy atom. The molecule has 0 saturated heterocycles. The van der Waals surface area contributed by atoms with Gasteiger partial charge < -0.3 is 9.47 Å². The molecule has 2 nitrogen and oxygen atoms in total. The van der Waals surface area contributed by atoms with Crippen LogP contribution < -0.4 is 4.90 Å². The van der Waals surface area contributed by atoms with Crippen molar-refractivity contribution in [1.29, 1.82) is 0 Å². The normalized spacial score (nSPS) is 11.2. The van der Waals surface area contributed by atoms with E-state index in [-0.39, 0.29) is 0 Å². The van der Waals surface area contributed by atoms with Crippen LogP contribution in [0.15, 0.2) is 158 Å². The molecule has 0 aliphatic carbocycles. The summed E-state index contributed by atoms with van der Waals surface area (Å²) in [7, 11) is 0. The zero-order chi connectivity index (χ0) is 25.3. The Balaban J connectivity index is 1.42. The Morgan fingerprint density at radius 3 is 1.63 bits per heavy atom. The number of hydrogen-bond donors (Lipinski definition) is 0. The van der Waals surface area contributed by atoms with Crippen LogP contribution in [-0.4, -0.2) is 4.57 Å². The minimum absolute atomic E-state index is 1.12. The molecule has 0 N–H and O–H groups in total. The summed E-state index contributed by atoms with van der Waals surface area (Å²) in [6.45, 7) is 0. The first-order chi connectivity index (χ1) is 18.9. The third-order valence-electron chi connectivity index (χ3n) is 7.18. The lowest BCUT2D eigenvalue weighted by atomic mass is 10.0. The van der Waals surface area contributed by atoms with Crippen molar-refractivity contribution in [2.24, 2.45) is 0 Å².